The van der Waals surface area contributed by atoms with Crippen molar-refractivity contribution in [3.63, 3.8) is 0 Å². The molecule has 0 aromatic heterocycles. The van der Waals surface area contributed by atoms with Crippen LogP contribution in [-0.4, -0.2) is 67.9 Å². The SMILES string of the molecule is CS(=O)(=O)N1CCN(C(=O)NC(=O)CCCl)CC1. The van der Waals surface area contributed by atoms with Gasteiger partial charge in [0, 0.05) is 38.5 Å². The van der Waals surface area contributed by atoms with Gasteiger partial charge in [-0.15, -0.1) is 11.6 Å². The number of nitrogens with zero attached hydrogens (tertiary/aromatic N) is 2. The summed E-state index contributed by atoms with van der Waals surface area (Å²) in [5.41, 5.74) is 0. The van der Waals surface area contributed by atoms with E-state index in [2.05, 4.69) is 5.32 Å². The maximum atomic E-state index is 11.6. The van der Waals surface area contributed by atoms with Crippen LogP contribution in [0.15, 0.2) is 0 Å². The van der Waals surface area contributed by atoms with Gasteiger partial charge in [0.1, 0.15) is 0 Å². The molecule has 1 saturated heterocycles. The van der Waals surface area contributed by atoms with E-state index in [0.717, 1.165) is 6.26 Å². The van der Waals surface area contributed by atoms with E-state index in [4.69, 9.17) is 11.6 Å². The van der Waals surface area contributed by atoms with Gasteiger partial charge in [-0.2, -0.15) is 4.31 Å². The van der Waals surface area contributed by atoms with Gasteiger partial charge in [0.2, 0.25) is 15.9 Å². The number of carbonyl (C=O) groups is 2. The van der Waals surface area contributed by atoms with Gasteiger partial charge in [0.15, 0.2) is 0 Å². The minimum Gasteiger partial charge on any atom is -0.322 e. The molecule has 104 valence electrons. The second-order valence-corrected chi connectivity index (χ2v) is 6.30. The predicted molar refractivity (Wildman–Crippen MR) is 66.9 cm³/mol. The molecule has 1 N–H and O–H groups in total. The van der Waals surface area contributed by atoms with Crippen molar-refractivity contribution in [2.75, 3.05) is 38.3 Å². The molecular weight excluding hydrogens is 282 g/mol. The lowest BCUT2D eigenvalue weighted by Crippen LogP contribution is -2.53. The molecule has 18 heavy (non-hydrogen) atoms. The van der Waals surface area contributed by atoms with Crippen LogP contribution in [-0.2, 0) is 14.8 Å². The molecule has 9 heteroatoms. The van der Waals surface area contributed by atoms with Crippen LogP contribution in [0.3, 0.4) is 0 Å². The molecule has 3 amide bonds. The molecule has 7 nitrogen and oxygen atoms in total. The lowest BCUT2D eigenvalue weighted by molar-refractivity contribution is -0.119. The average Bonchev–Trinajstić information content (AvgIpc) is 2.28. The van der Waals surface area contributed by atoms with Crippen LogP contribution >= 0.6 is 11.6 Å². The first-order valence-corrected chi connectivity index (χ1v) is 7.82. The molecule has 0 bridgehead atoms. The van der Waals surface area contributed by atoms with E-state index in [9.17, 15) is 18.0 Å². The molecule has 0 aromatic carbocycles. The Kier molecular flexibility index (Phi) is 5.36. The molecule has 1 fully saturated rings. The molecule has 1 rings (SSSR count). The molecule has 0 spiro atoms. The van der Waals surface area contributed by atoms with Gasteiger partial charge in [-0.3, -0.25) is 10.1 Å². The van der Waals surface area contributed by atoms with Gasteiger partial charge in [-0.25, -0.2) is 13.2 Å². The summed E-state index contributed by atoms with van der Waals surface area (Å²) >= 11 is 5.38. The third-order valence-corrected chi connectivity index (χ3v) is 4.05. The second kappa shape index (κ2) is 6.35. The minimum absolute atomic E-state index is 0.0800. The van der Waals surface area contributed by atoms with Crippen molar-refractivity contribution < 1.29 is 18.0 Å². The van der Waals surface area contributed by atoms with Gasteiger partial charge in [-0.05, 0) is 0 Å². The summed E-state index contributed by atoms with van der Waals surface area (Å²) in [5.74, 6) is -0.276. The smallest absolute Gasteiger partial charge is 0.322 e. The highest BCUT2D eigenvalue weighted by Gasteiger charge is 2.26. The van der Waals surface area contributed by atoms with Gasteiger partial charge >= 0.3 is 6.03 Å². The molecule has 0 atom stereocenters. The zero-order valence-electron chi connectivity index (χ0n) is 10.1. The molecule has 0 unspecified atom stereocenters. The van der Waals surface area contributed by atoms with Gasteiger partial charge < -0.3 is 4.90 Å². The minimum atomic E-state index is -3.22. The Morgan fingerprint density at radius 3 is 2.22 bits per heavy atom. The standard InChI is InChI=1S/C9H16ClN3O4S/c1-18(16,17)13-6-4-12(5-7-13)9(15)11-8(14)2-3-10/h2-7H2,1H3,(H,11,14,15). The number of amides is 3. The first-order chi connectivity index (χ1) is 8.34. The molecule has 0 aromatic rings. The topological polar surface area (TPSA) is 86.8 Å². The highest BCUT2D eigenvalue weighted by Crippen LogP contribution is 2.06. The van der Waals surface area contributed by atoms with Gasteiger partial charge in [0.25, 0.3) is 0 Å². The van der Waals surface area contributed by atoms with E-state index in [1.165, 1.54) is 9.21 Å². The van der Waals surface area contributed by atoms with Crippen LogP contribution in [0.4, 0.5) is 4.79 Å². The van der Waals surface area contributed by atoms with Gasteiger partial charge in [0.05, 0.1) is 6.26 Å². The molecule has 1 heterocycles. The first kappa shape index (κ1) is 15.2. The van der Waals surface area contributed by atoms with Crippen molar-refractivity contribution in [1.82, 2.24) is 14.5 Å². The highest BCUT2D eigenvalue weighted by atomic mass is 35.5. The van der Waals surface area contributed by atoms with E-state index in [0.29, 0.717) is 0 Å². The van der Waals surface area contributed by atoms with Crippen molar-refractivity contribution >= 4 is 33.6 Å². The fraction of sp³-hybridized carbons (Fsp3) is 0.778. The van der Waals surface area contributed by atoms with Crippen molar-refractivity contribution in [3.05, 3.63) is 0 Å². The van der Waals surface area contributed by atoms with Crippen molar-refractivity contribution in [3.8, 4) is 0 Å². The van der Waals surface area contributed by atoms with Crippen LogP contribution < -0.4 is 5.32 Å². The number of piperazine rings is 1. The third-order valence-electron chi connectivity index (χ3n) is 2.56. The number of imide groups is 1. The Labute approximate surface area is 111 Å². The Hall–Kier alpha value is -0.860. The number of rotatable bonds is 3. The molecule has 0 saturated carbocycles. The second-order valence-electron chi connectivity index (χ2n) is 3.94. The van der Waals surface area contributed by atoms with Crippen LogP contribution in [0.25, 0.3) is 0 Å². The average molecular weight is 298 g/mol. The van der Waals surface area contributed by atoms with Crippen molar-refractivity contribution in [1.29, 1.82) is 0 Å². The number of carbonyl (C=O) groups excluding carboxylic acids is 2. The van der Waals surface area contributed by atoms with E-state index in [1.54, 1.807) is 0 Å². The first-order valence-electron chi connectivity index (χ1n) is 5.44. The van der Waals surface area contributed by atoms with Crippen LogP contribution in [0.2, 0.25) is 0 Å². The number of hydrogen-bond donors (Lipinski definition) is 1. The summed E-state index contributed by atoms with van der Waals surface area (Å²) in [6.45, 7) is 1.03. The van der Waals surface area contributed by atoms with Crippen molar-refractivity contribution in [2.24, 2.45) is 0 Å². The van der Waals surface area contributed by atoms with Crippen molar-refractivity contribution in [2.45, 2.75) is 6.42 Å². The summed E-state index contributed by atoms with van der Waals surface area (Å²) in [4.78, 5) is 24.2. The zero-order chi connectivity index (χ0) is 13.8. The largest absolute Gasteiger partial charge is 0.324 e. The number of halogens is 1. The monoisotopic (exact) mass is 297 g/mol. The van der Waals surface area contributed by atoms with Crippen LogP contribution in [0.1, 0.15) is 6.42 Å². The summed E-state index contributed by atoms with van der Waals surface area (Å²) in [6.07, 6.45) is 1.21. The summed E-state index contributed by atoms with van der Waals surface area (Å²) < 4.78 is 23.8. The molecule has 1 aliphatic rings. The third kappa shape index (κ3) is 4.43. The highest BCUT2D eigenvalue weighted by molar-refractivity contribution is 7.88. The molecule has 1 aliphatic heterocycles. The van der Waals surface area contributed by atoms with E-state index in [-0.39, 0.29) is 38.5 Å². The Morgan fingerprint density at radius 1 is 1.22 bits per heavy atom. The lowest BCUT2D eigenvalue weighted by Gasteiger charge is -2.32. The zero-order valence-corrected chi connectivity index (χ0v) is 11.6. The predicted octanol–water partition coefficient (Wildman–Crippen LogP) is -0.571. The Morgan fingerprint density at radius 2 is 1.78 bits per heavy atom. The molecule has 0 aliphatic carbocycles. The van der Waals surface area contributed by atoms with Crippen LogP contribution in [0.5, 0.6) is 0 Å². The van der Waals surface area contributed by atoms with E-state index >= 15 is 0 Å². The van der Waals surface area contributed by atoms with Gasteiger partial charge in [-0.1, -0.05) is 0 Å². The van der Waals surface area contributed by atoms with E-state index < -0.39 is 22.0 Å². The maximum Gasteiger partial charge on any atom is 0.324 e. The normalized spacial score (nSPS) is 17.6. The summed E-state index contributed by atoms with van der Waals surface area (Å²) in [7, 11) is -3.22. The number of nitrogens with one attached hydrogen (secondary N) is 1. The maximum absolute atomic E-state index is 11.6. The quantitative estimate of drug-likeness (QED) is 0.707. The van der Waals surface area contributed by atoms with Crippen LogP contribution in [0, 0.1) is 0 Å². The van der Waals surface area contributed by atoms with E-state index in [1.807, 2.05) is 0 Å². The number of alkyl halides is 1. The fourth-order valence-corrected chi connectivity index (χ4v) is 2.57. The fourth-order valence-electron chi connectivity index (χ4n) is 1.57. The lowest BCUT2D eigenvalue weighted by atomic mass is 10.4. The Balaban J connectivity index is 2.43. The number of sulfonamides is 1. The summed E-state index contributed by atoms with van der Waals surface area (Å²) in [6, 6.07) is -0.502. The number of hydrogen-bond acceptors (Lipinski definition) is 4. The Bertz CT molecular complexity index is 418. The summed E-state index contributed by atoms with van der Waals surface area (Å²) in [5, 5.41) is 2.20. The molecule has 0 radical (unpaired) electrons. The molecular formula is C9H16ClN3O4S. The number of urea groups is 1.